The monoisotopic (exact) mass is 301 g/mol. The molecule has 0 bridgehead atoms. The fourth-order valence-electron chi connectivity index (χ4n) is 2.76. The topological polar surface area (TPSA) is 57.8 Å². The minimum absolute atomic E-state index is 0.0155. The number of hydrogen-bond donors (Lipinski definition) is 2. The Balaban J connectivity index is 1.75. The summed E-state index contributed by atoms with van der Waals surface area (Å²) in [7, 11) is 0. The number of aryl methyl sites for hydroxylation is 2. The Labute approximate surface area is 129 Å². The molecule has 1 amide bonds. The van der Waals surface area contributed by atoms with Gasteiger partial charge in [-0.2, -0.15) is 0 Å². The van der Waals surface area contributed by atoms with Crippen LogP contribution < -0.4 is 5.32 Å². The molecule has 0 spiro atoms. The second kappa shape index (κ2) is 5.55. The Kier molecular flexibility index (Phi) is 3.72. The van der Waals surface area contributed by atoms with E-state index in [-0.39, 0.29) is 17.1 Å². The van der Waals surface area contributed by atoms with Crippen molar-refractivity contribution in [3.8, 4) is 0 Å². The first-order valence-corrected chi connectivity index (χ1v) is 7.53. The molecule has 2 aromatic rings. The second-order valence-electron chi connectivity index (χ2n) is 6.66. The van der Waals surface area contributed by atoms with Crippen LogP contribution in [-0.2, 0) is 19.3 Å². The molecule has 4 nitrogen and oxygen atoms in total. The van der Waals surface area contributed by atoms with E-state index < -0.39 is 0 Å². The maximum absolute atomic E-state index is 12.9. The molecule has 0 saturated carbocycles. The number of rotatable bonds is 3. The molecule has 0 atom stereocenters. The number of hydrogen-bond acceptors (Lipinski definition) is 2. The van der Waals surface area contributed by atoms with Crippen molar-refractivity contribution >= 4 is 5.91 Å². The van der Waals surface area contributed by atoms with Crippen LogP contribution in [0.5, 0.6) is 0 Å². The maximum atomic E-state index is 12.9. The molecular formula is C17H20FN3O. The smallest absolute Gasteiger partial charge is 0.271 e. The van der Waals surface area contributed by atoms with Crippen molar-refractivity contribution in [1.29, 1.82) is 0 Å². The summed E-state index contributed by atoms with van der Waals surface area (Å²) in [6.45, 7) is 4.91. The normalized spacial score (nSPS) is 16.8. The number of halogens is 1. The highest BCUT2D eigenvalue weighted by Gasteiger charge is 2.29. The van der Waals surface area contributed by atoms with Crippen molar-refractivity contribution in [1.82, 2.24) is 15.3 Å². The predicted molar refractivity (Wildman–Crippen MR) is 82.2 cm³/mol. The van der Waals surface area contributed by atoms with Gasteiger partial charge >= 0.3 is 0 Å². The van der Waals surface area contributed by atoms with Crippen molar-refractivity contribution in [3.63, 3.8) is 0 Å². The van der Waals surface area contributed by atoms with E-state index >= 15 is 0 Å². The third-order valence-corrected chi connectivity index (χ3v) is 3.99. The molecule has 5 heteroatoms. The number of nitrogens with one attached hydrogen (secondary N) is 2. The van der Waals surface area contributed by atoms with Crippen molar-refractivity contribution in [2.75, 3.05) is 6.54 Å². The molecule has 1 aliphatic heterocycles. The van der Waals surface area contributed by atoms with Crippen molar-refractivity contribution in [2.24, 2.45) is 5.41 Å². The van der Waals surface area contributed by atoms with Crippen LogP contribution in [0.4, 0.5) is 4.39 Å². The van der Waals surface area contributed by atoms with Gasteiger partial charge in [0.05, 0.1) is 0 Å². The number of amides is 1. The lowest BCUT2D eigenvalue weighted by atomic mass is 9.88. The van der Waals surface area contributed by atoms with Crippen LogP contribution >= 0.6 is 0 Å². The van der Waals surface area contributed by atoms with E-state index in [0.29, 0.717) is 18.7 Å². The Bertz CT molecular complexity index is 688. The van der Waals surface area contributed by atoms with Crippen LogP contribution in [0.2, 0.25) is 0 Å². The summed E-state index contributed by atoms with van der Waals surface area (Å²) >= 11 is 0. The average Bonchev–Trinajstić information content (AvgIpc) is 2.82. The van der Waals surface area contributed by atoms with E-state index in [1.807, 2.05) is 0 Å². The third-order valence-electron chi connectivity index (χ3n) is 3.99. The van der Waals surface area contributed by atoms with Gasteiger partial charge in [-0.3, -0.25) is 4.79 Å². The van der Waals surface area contributed by atoms with Crippen LogP contribution in [0.25, 0.3) is 0 Å². The van der Waals surface area contributed by atoms with Crippen molar-refractivity contribution < 1.29 is 9.18 Å². The molecule has 0 unspecified atom stereocenters. The number of H-pyrrole nitrogens is 1. The van der Waals surface area contributed by atoms with E-state index in [0.717, 1.165) is 29.9 Å². The molecule has 3 rings (SSSR count). The van der Waals surface area contributed by atoms with Crippen LogP contribution in [0.3, 0.4) is 0 Å². The average molecular weight is 301 g/mol. The SMILES string of the molecule is CC1(C)CNC(=O)c2nc(CCc3ccc(F)cc3)[nH]c2C1. The predicted octanol–water partition coefficient (Wildman–Crippen LogP) is 2.65. The van der Waals surface area contributed by atoms with Crippen molar-refractivity contribution in [3.05, 3.63) is 52.9 Å². The Hall–Kier alpha value is -2.17. The number of carbonyl (C=O) groups excluding carboxylic acids is 1. The minimum Gasteiger partial charge on any atom is -0.350 e. The van der Waals surface area contributed by atoms with E-state index in [4.69, 9.17) is 0 Å². The standard InChI is InChI=1S/C17H20FN3O/c1-17(2)9-13-15(16(22)19-10-17)21-14(20-13)8-5-11-3-6-12(18)7-4-11/h3-4,6-7H,5,8-10H2,1-2H3,(H,19,22)(H,20,21). The second-order valence-corrected chi connectivity index (χ2v) is 6.66. The maximum Gasteiger partial charge on any atom is 0.271 e. The third kappa shape index (κ3) is 3.18. The van der Waals surface area contributed by atoms with Crippen LogP contribution in [0, 0.1) is 11.2 Å². The summed E-state index contributed by atoms with van der Waals surface area (Å²) in [4.78, 5) is 19.8. The molecule has 1 aliphatic rings. The number of imidazole rings is 1. The van der Waals surface area contributed by atoms with Gasteiger partial charge in [-0.25, -0.2) is 9.37 Å². The van der Waals surface area contributed by atoms with Crippen LogP contribution in [0.15, 0.2) is 24.3 Å². The quantitative estimate of drug-likeness (QED) is 0.915. The lowest BCUT2D eigenvalue weighted by Crippen LogP contribution is -2.32. The first-order valence-electron chi connectivity index (χ1n) is 7.53. The largest absolute Gasteiger partial charge is 0.350 e. The van der Waals surface area contributed by atoms with Gasteiger partial charge in [-0.1, -0.05) is 26.0 Å². The molecule has 0 aliphatic carbocycles. The fourth-order valence-corrected chi connectivity index (χ4v) is 2.76. The lowest BCUT2D eigenvalue weighted by molar-refractivity contribution is 0.0940. The van der Waals surface area contributed by atoms with E-state index in [1.54, 1.807) is 12.1 Å². The molecule has 22 heavy (non-hydrogen) atoms. The molecule has 1 aromatic carbocycles. The van der Waals surface area contributed by atoms with E-state index in [9.17, 15) is 9.18 Å². The Morgan fingerprint density at radius 1 is 1.23 bits per heavy atom. The number of benzene rings is 1. The minimum atomic E-state index is -0.229. The van der Waals surface area contributed by atoms with Gasteiger partial charge in [0.2, 0.25) is 0 Å². The summed E-state index contributed by atoms with van der Waals surface area (Å²) in [6, 6.07) is 6.48. The number of nitrogens with zero attached hydrogens (tertiary/aromatic N) is 1. The highest BCUT2D eigenvalue weighted by Crippen LogP contribution is 2.25. The van der Waals surface area contributed by atoms with Crippen molar-refractivity contribution in [2.45, 2.75) is 33.1 Å². The molecule has 1 aromatic heterocycles. The van der Waals surface area contributed by atoms with Crippen LogP contribution in [-0.4, -0.2) is 22.4 Å². The zero-order valence-electron chi connectivity index (χ0n) is 12.9. The van der Waals surface area contributed by atoms with Crippen LogP contribution in [0.1, 0.15) is 41.4 Å². The summed E-state index contributed by atoms with van der Waals surface area (Å²) in [5, 5.41) is 2.92. The first-order chi connectivity index (χ1) is 10.4. The number of fused-ring (bicyclic) bond motifs is 1. The molecule has 0 radical (unpaired) electrons. The molecular weight excluding hydrogens is 281 g/mol. The molecule has 0 fully saturated rings. The molecule has 2 heterocycles. The van der Waals surface area contributed by atoms with Gasteiger partial charge in [-0.15, -0.1) is 0 Å². The zero-order chi connectivity index (χ0) is 15.7. The Morgan fingerprint density at radius 3 is 2.68 bits per heavy atom. The number of aromatic amines is 1. The first kappa shape index (κ1) is 14.8. The van der Waals surface area contributed by atoms with E-state index in [2.05, 4.69) is 29.1 Å². The summed E-state index contributed by atoms with van der Waals surface area (Å²) in [5.41, 5.74) is 2.49. The van der Waals surface area contributed by atoms with Gasteiger partial charge in [0.1, 0.15) is 17.3 Å². The molecule has 116 valence electrons. The Morgan fingerprint density at radius 2 is 1.95 bits per heavy atom. The fraction of sp³-hybridized carbons (Fsp3) is 0.412. The van der Waals surface area contributed by atoms with Gasteiger partial charge in [0.15, 0.2) is 0 Å². The highest BCUT2D eigenvalue weighted by atomic mass is 19.1. The van der Waals surface area contributed by atoms with E-state index in [1.165, 1.54) is 12.1 Å². The lowest BCUT2D eigenvalue weighted by Gasteiger charge is -2.21. The molecule has 2 N–H and O–H groups in total. The van der Waals surface area contributed by atoms with Gasteiger partial charge in [-0.05, 0) is 36.0 Å². The van der Waals surface area contributed by atoms with Gasteiger partial charge in [0.25, 0.3) is 5.91 Å². The number of carbonyl (C=O) groups is 1. The van der Waals surface area contributed by atoms with Gasteiger partial charge < -0.3 is 10.3 Å². The highest BCUT2D eigenvalue weighted by molar-refractivity contribution is 5.93. The summed E-state index contributed by atoms with van der Waals surface area (Å²) in [6.07, 6.45) is 2.26. The summed E-state index contributed by atoms with van der Waals surface area (Å²) < 4.78 is 12.9. The summed E-state index contributed by atoms with van der Waals surface area (Å²) in [5.74, 6) is 0.472. The zero-order valence-corrected chi connectivity index (χ0v) is 12.9. The number of aromatic nitrogens is 2. The van der Waals surface area contributed by atoms with Gasteiger partial charge in [0, 0.05) is 18.7 Å². The molecule has 0 saturated heterocycles.